The molecule has 8 heteroatoms. The third-order valence-corrected chi connectivity index (χ3v) is 5.18. The number of H-pyrrole nitrogens is 1. The number of nitrogens with zero attached hydrogens (tertiary/aromatic N) is 5. The lowest BCUT2D eigenvalue weighted by molar-refractivity contribution is 0.299. The average Bonchev–Trinajstić information content (AvgIpc) is 3.26. The summed E-state index contributed by atoms with van der Waals surface area (Å²) >= 11 is 1.76. The topological polar surface area (TPSA) is 82.1 Å². The number of aryl methyl sites for hydroxylation is 1. The van der Waals surface area contributed by atoms with Gasteiger partial charge in [-0.15, -0.1) is 11.3 Å². The molecular formula is C16H25N7S. The van der Waals surface area contributed by atoms with E-state index in [-0.39, 0.29) is 0 Å². The summed E-state index contributed by atoms with van der Waals surface area (Å²) in [5.41, 5.74) is 0. The van der Waals surface area contributed by atoms with E-state index in [9.17, 15) is 0 Å². The van der Waals surface area contributed by atoms with E-state index in [1.165, 1.54) is 4.88 Å². The van der Waals surface area contributed by atoms with Crippen molar-refractivity contribution in [1.29, 1.82) is 0 Å². The maximum atomic E-state index is 4.79. The highest BCUT2D eigenvalue weighted by Crippen LogP contribution is 2.24. The molecule has 1 aliphatic rings. The fourth-order valence-corrected chi connectivity index (χ4v) is 3.75. The van der Waals surface area contributed by atoms with E-state index in [0.29, 0.717) is 5.92 Å². The third-order valence-electron chi connectivity index (χ3n) is 4.21. The number of aliphatic imine (C=N–C) groups is 1. The van der Waals surface area contributed by atoms with Gasteiger partial charge in [0, 0.05) is 49.6 Å². The molecule has 1 saturated heterocycles. The zero-order valence-electron chi connectivity index (χ0n) is 14.3. The molecule has 0 aromatic carbocycles. The van der Waals surface area contributed by atoms with Crippen LogP contribution < -0.4 is 5.32 Å². The van der Waals surface area contributed by atoms with Crippen LogP contribution in [0.1, 0.15) is 41.4 Å². The first-order valence-corrected chi connectivity index (χ1v) is 9.37. The Hall–Kier alpha value is -1.96. The van der Waals surface area contributed by atoms with E-state index in [2.05, 4.69) is 44.2 Å². The van der Waals surface area contributed by atoms with Gasteiger partial charge in [0.05, 0.1) is 5.01 Å². The van der Waals surface area contributed by atoms with E-state index in [4.69, 9.17) is 4.99 Å². The highest BCUT2D eigenvalue weighted by atomic mass is 32.1. The monoisotopic (exact) mass is 347 g/mol. The molecule has 0 aliphatic carbocycles. The first-order valence-electron chi connectivity index (χ1n) is 8.56. The predicted molar refractivity (Wildman–Crippen MR) is 96.5 cm³/mol. The number of thiazole rings is 1. The molecule has 1 fully saturated rings. The minimum absolute atomic E-state index is 0.477. The molecule has 2 N–H and O–H groups in total. The number of likely N-dealkylation sites (tertiary alicyclic amines) is 1. The molecule has 7 nitrogen and oxygen atoms in total. The van der Waals surface area contributed by atoms with Crippen LogP contribution in [0.5, 0.6) is 0 Å². The number of aromatic amines is 1. The zero-order chi connectivity index (χ0) is 16.8. The Morgan fingerprint density at radius 1 is 1.42 bits per heavy atom. The van der Waals surface area contributed by atoms with Crippen molar-refractivity contribution in [3.63, 3.8) is 0 Å². The molecule has 2 aromatic heterocycles. The van der Waals surface area contributed by atoms with Crippen LogP contribution in [-0.2, 0) is 6.42 Å². The number of nitrogens with one attached hydrogen (secondary N) is 2. The minimum Gasteiger partial charge on any atom is -0.357 e. The second-order valence-corrected chi connectivity index (χ2v) is 7.30. The van der Waals surface area contributed by atoms with E-state index in [1.807, 2.05) is 6.20 Å². The van der Waals surface area contributed by atoms with Crippen LogP contribution >= 0.6 is 11.3 Å². The standard InChI is InChI=1S/C16H25N7S/c1-3-17-16(18-7-4-14-19-10-12(2)24-14)23-8-5-13(6-9-23)15-20-11-21-22-15/h10-11,13H,3-9H2,1-2H3,(H,17,18)(H,20,21,22). The van der Waals surface area contributed by atoms with Gasteiger partial charge in [-0.1, -0.05) is 0 Å². The Morgan fingerprint density at radius 3 is 2.88 bits per heavy atom. The van der Waals surface area contributed by atoms with E-state index < -0.39 is 0 Å². The van der Waals surface area contributed by atoms with Crippen LogP contribution in [0, 0.1) is 6.92 Å². The number of aromatic nitrogens is 4. The van der Waals surface area contributed by atoms with Crippen LogP contribution in [0.3, 0.4) is 0 Å². The summed E-state index contributed by atoms with van der Waals surface area (Å²) < 4.78 is 0. The number of piperidine rings is 1. The molecule has 0 amide bonds. The van der Waals surface area contributed by atoms with Gasteiger partial charge in [-0.3, -0.25) is 10.1 Å². The fraction of sp³-hybridized carbons (Fsp3) is 0.625. The molecule has 2 aromatic rings. The summed E-state index contributed by atoms with van der Waals surface area (Å²) in [4.78, 5) is 17.1. The Balaban J connectivity index is 1.54. The Morgan fingerprint density at radius 2 is 2.25 bits per heavy atom. The lowest BCUT2D eigenvalue weighted by Crippen LogP contribution is -2.45. The first-order chi connectivity index (χ1) is 11.8. The van der Waals surface area contributed by atoms with E-state index in [1.54, 1.807) is 17.7 Å². The smallest absolute Gasteiger partial charge is 0.193 e. The van der Waals surface area contributed by atoms with Gasteiger partial charge in [0.2, 0.25) is 0 Å². The normalized spacial score (nSPS) is 16.6. The molecule has 24 heavy (non-hydrogen) atoms. The number of hydrogen-bond donors (Lipinski definition) is 2. The number of rotatable bonds is 5. The zero-order valence-corrected chi connectivity index (χ0v) is 15.1. The van der Waals surface area contributed by atoms with Gasteiger partial charge in [-0.25, -0.2) is 9.97 Å². The highest BCUT2D eigenvalue weighted by Gasteiger charge is 2.24. The second kappa shape index (κ2) is 8.23. The Labute approximate surface area is 146 Å². The second-order valence-electron chi connectivity index (χ2n) is 5.98. The van der Waals surface area contributed by atoms with Gasteiger partial charge in [-0.2, -0.15) is 5.10 Å². The van der Waals surface area contributed by atoms with Crippen molar-refractivity contribution >= 4 is 17.3 Å². The maximum absolute atomic E-state index is 4.79. The molecule has 3 rings (SSSR count). The maximum Gasteiger partial charge on any atom is 0.193 e. The van der Waals surface area contributed by atoms with Crippen molar-refractivity contribution < 1.29 is 0 Å². The van der Waals surface area contributed by atoms with E-state index >= 15 is 0 Å². The van der Waals surface area contributed by atoms with Crippen LogP contribution in [0.25, 0.3) is 0 Å². The Kier molecular flexibility index (Phi) is 5.79. The third kappa shape index (κ3) is 4.31. The van der Waals surface area contributed by atoms with Crippen molar-refractivity contribution in [1.82, 2.24) is 30.4 Å². The molecule has 0 unspecified atom stereocenters. The van der Waals surface area contributed by atoms with Crippen LogP contribution in [-0.4, -0.2) is 57.2 Å². The van der Waals surface area contributed by atoms with Gasteiger partial charge in [0.1, 0.15) is 12.2 Å². The lowest BCUT2D eigenvalue weighted by atomic mass is 9.96. The molecule has 130 valence electrons. The highest BCUT2D eigenvalue weighted by molar-refractivity contribution is 7.11. The Bertz CT molecular complexity index is 641. The minimum atomic E-state index is 0.477. The van der Waals surface area contributed by atoms with Crippen molar-refractivity contribution in [2.45, 2.75) is 39.0 Å². The van der Waals surface area contributed by atoms with E-state index in [0.717, 1.165) is 62.2 Å². The van der Waals surface area contributed by atoms with Crippen LogP contribution in [0.15, 0.2) is 17.5 Å². The fourth-order valence-electron chi connectivity index (χ4n) is 2.98. The van der Waals surface area contributed by atoms with Gasteiger partial charge in [0.25, 0.3) is 0 Å². The quantitative estimate of drug-likeness (QED) is 0.638. The summed E-state index contributed by atoms with van der Waals surface area (Å²) in [6, 6.07) is 0. The van der Waals surface area contributed by atoms with Crippen LogP contribution in [0.2, 0.25) is 0 Å². The molecule has 0 atom stereocenters. The van der Waals surface area contributed by atoms with Crippen molar-refractivity contribution in [2.75, 3.05) is 26.2 Å². The van der Waals surface area contributed by atoms with Gasteiger partial charge in [0.15, 0.2) is 5.96 Å². The van der Waals surface area contributed by atoms with Gasteiger partial charge >= 0.3 is 0 Å². The average molecular weight is 347 g/mol. The van der Waals surface area contributed by atoms with Gasteiger partial charge < -0.3 is 10.2 Å². The molecule has 0 spiro atoms. The van der Waals surface area contributed by atoms with Gasteiger partial charge in [-0.05, 0) is 26.7 Å². The largest absolute Gasteiger partial charge is 0.357 e. The van der Waals surface area contributed by atoms with Crippen LogP contribution in [0.4, 0.5) is 0 Å². The molecule has 0 saturated carbocycles. The summed E-state index contributed by atoms with van der Waals surface area (Å²) in [5.74, 6) is 2.50. The van der Waals surface area contributed by atoms with Crippen molar-refractivity contribution in [3.8, 4) is 0 Å². The molecule has 3 heterocycles. The van der Waals surface area contributed by atoms with Crippen molar-refractivity contribution in [2.24, 2.45) is 4.99 Å². The number of guanidine groups is 1. The molecule has 0 bridgehead atoms. The molecular weight excluding hydrogens is 322 g/mol. The van der Waals surface area contributed by atoms with Crippen molar-refractivity contribution in [3.05, 3.63) is 28.2 Å². The summed E-state index contributed by atoms with van der Waals surface area (Å²) in [7, 11) is 0. The summed E-state index contributed by atoms with van der Waals surface area (Å²) in [6.45, 7) is 7.85. The summed E-state index contributed by atoms with van der Waals surface area (Å²) in [5, 5.41) is 11.5. The summed E-state index contributed by atoms with van der Waals surface area (Å²) in [6.07, 6.45) is 6.58. The number of hydrogen-bond acceptors (Lipinski definition) is 5. The predicted octanol–water partition coefficient (Wildman–Crippen LogP) is 1.96. The SMILES string of the molecule is CCNC(=NCCc1ncc(C)s1)N1CCC(c2ncn[nH]2)CC1. The lowest BCUT2D eigenvalue weighted by Gasteiger charge is -2.33. The molecule has 1 aliphatic heterocycles. The first kappa shape index (κ1) is 16.9. The molecule has 0 radical (unpaired) electrons.